The predicted octanol–water partition coefficient (Wildman–Crippen LogP) is 0.730. The third kappa shape index (κ3) is 1.23. The minimum absolute atomic E-state index is 0.356. The first kappa shape index (κ1) is 6.56. The summed E-state index contributed by atoms with van der Waals surface area (Å²) >= 11 is 0. The number of hydrogen-bond donors (Lipinski definition) is 1. The number of pyridine rings is 1. The van der Waals surface area contributed by atoms with Crippen molar-refractivity contribution in [1.82, 2.24) is 4.98 Å². The first-order chi connectivity index (χ1) is 4.84. The van der Waals surface area contributed by atoms with Crippen molar-refractivity contribution in [1.29, 1.82) is 5.26 Å². The monoisotopic (exact) mass is 133 g/mol. The zero-order chi connectivity index (χ0) is 7.40. The summed E-state index contributed by atoms with van der Waals surface area (Å²) < 4.78 is 0. The Kier molecular flexibility index (Phi) is 1.86. The fourth-order valence-corrected chi connectivity index (χ4v) is 0.682. The van der Waals surface area contributed by atoms with E-state index in [2.05, 4.69) is 4.98 Å². The number of rotatable bonds is 1. The molecule has 0 amide bonds. The van der Waals surface area contributed by atoms with Crippen LogP contribution in [0.5, 0.6) is 0 Å². The lowest BCUT2D eigenvalue weighted by Gasteiger charge is -1.96. The minimum Gasteiger partial charge on any atom is -0.397 e. The van der Waals surface area contributed by atoms with E-state index in [0.717, 1.165) is 5.56 Å². The van der Waals surface area contributed by atoms with Crippen molar-refractivity contribution >= 4 is 5.69 Å². The van der Waals surface area contributed by atoms with Crippen LogP contribution < -0.4 is 5.73 Å². The van der Waals surface area contributed by atoms with Crippen LogP contribution in [0.4, 0.5) is 5.69 Å². The molecule has 0 bridgehead atoms. The quantitative estimate of drug-likeness (QED) is 0.614. The Hall–Kier alpha value is -1.56. The van der Waals surface area contributed by atoms with Gasteiger partial charge in [-0.1, -0.05) is 0 Å². The Bertz CT molecular complexity index is 262. The Morgan fingerprint density at radius 2 is 2.50 bits per heavy atom. The van der Waals surface area contributed by atoms with E-state index in [4.69, 9.17) is 11.0 Å². The fraction of sp³-hybridized carbons (Fsp3) is 0.143. The zero-order valence-electron chi connectivity index (χ0n) is 5.41. The maximum atomic E-state index is 8.32. The molecule has 0 atom stereocenters. The van der Waals surface area contributed by atoms with Gasteiger partial charge in [-0.05, 0) is 11.6 Å². The third-order valence-corrected chi connectivity index (χ3v) is 1.22. The molecule has 0 aliphatic heterocycles. The van der Waals surface area contributed by atoms with Gasteiger partial charge in [-0.25, -0.2) is 0 Å². The number of nitriles is 1. The van der Waals surface area contributed by atoms with Crippen LogP contribution in [0.15, 0.2) is 18.5 Å². The smallest absolute Gasteiger partial charge is 0.0670 e. The molecule has 0 aromatic carbocycles. The summed E-state index contributed by atoms with van der Waals surface area (Å²) in [5.41, 5.74) is 6.93. The Morgan fingerprint density at radius 1 is 1.70 bits per heavy atom. The third-order valence-electron chi connectivity index (χ3n) is 1.22. The topological polar surface area (TPSA) is 62.7 Å². The average molecular weight is 133 g/mol. The lowest BCUT2D eigenvalue weighted by molar-refractivity contribution is 1.22. The van der Waals surface area contributed by atoms with E-state index >= 15 is 0 Å². The van der Waals surface area contributed by atoms with E-state index in [9.17, 15) is 0 Å². The molecule has 0 aliphatic carbocycles. The summed E-state index contributed by atoms with van der Waals surface area (Å²) in [7, 11) is 0. The van der Waals surface area contributed by atoms with Crippen molar-refractivity contribution in [2.24, 2.45) is 0 Å². The molecule has 1 aromatic heterocycles. The molecule has 2 N–H and O–H groups in total. The number of aromatic nitrogens is 1. The normalized spacial score (nSPS) is 8.70. The summed E-state index contributed by atoms with van der Waals surface area (Å²) in [5, 5.41) is 8.32. The molecule has 0 fully saturated rings. The van der Waals surface area contributed by atoms with Gasteiger partial charge in [0, 0.05) is 6.20 Å². The number of hydrogen-bond acceptors (Lipinski definition) is 3. The van der Waals surface area contributed by atoms with Crippen LogP contribution in [0, 0.1) is 11.3 Å². The summed E-state index contributed by atoms with van der Waals surface area (Å²) in [5.74, 6) is 0. The molecule has 0 saturated heterocycles. The summed E-state index contributed by atoms with van der Waals surface area (Å²) in [6.45, 7) is 0. The first-order valence-corrected chi connectivity index (χ1v) is 2.90. The van der Waals surface area contributed by atoms with Crippen LogP contribution in [0.1, 0.15) is 5.56 Å². The zero-order valence-corrected chi connectivity index (χ0v) is 5.41. The van der Waals surface area contributed by atoms with E-state index in [1.807, 2.05) is 6.07 Å². The predicted molar refractivity (Wildman–Crippen MR) is 38.0 cm³/mol. The molecule has 1 heterocycles. The minimum atomic E-state index is 0.356. The van der Waals surface area contributed by atoms with Gasteiger partial charge >= 0.3 is 0 Å². The molecule has 10 heavy (non-hydrogen) atoms. The Labute approximate surface area is 59.1 Å². The summed E-state index contributed by atoms with van der Waals surface area (Å²) in [6, 6.07) is 3.77. The van der Waals surface area contributed by atoms with Crippen molar-refractivity contribution in [3.8, 4) is 6.07 Å². The van der Waals surface area contributed by atoms with Crippen molar-refractivity contribution in [3.63, 3.8) is 0 Å². The van der Waals surface area contributed by atoms with Gasteiger partial charge in [0.05, 0.1) is 24.4 Å². The lowest BCUT2D eigenvalue weighted by Crippen LogP contribution is -1.93. The number of nitrogens with two attached hydrogens (primary N) is 1. The molecular formula is C7H7N3. The molecule has 0 unspecified atom stereocenters. The van der Waals surface area contributed by atoms with Crippen LogP contribution in [-0.4, -0.2) is 4.98 Å². The molecule has 3 nitrogen and oxygen atoms in total. The van der Waals surface area contributed by atoms with E-state index < -0.39 is 0 Å². The first-order valence-electron chi connectivity index (χ1n) is 2.90. The van der Waals surface area contributed by atoms with Gasteiger partial charge in [-0.3, -0.25) is 4.98 Å². The van der Waals surface area contributed by atoms with Gasteiger partial charge in [0.15, 0.2) is 0 Å². The van der Waals surface area contributed by atoms with E-state index in [0.29, 0.717) is 12.1 Å². The molecule has 0 radical (unpaired) electrons. The SMILES string of the molecule is N#CCc1ccncc1N. The number of nitrogen functional groups attached to an aromatic ring is 1. The van der Waals surface area contributed by atoms with Crippen molar-refractivity contribution < 1.29 is 0 Å². The molecule has 3 heteroatoms. The Balaban J connectivity index is 2.94. The van der Waals surface area contributed by atoms with Gasteiger partial charge in [-0.15, -0.1) is 0 Å². The van der Waals surface area contributed by atoms with Gasteiger partial charge in [0.2, 0.25) is 0 Å². The molecule has 0 saturated carbocycles. The van der Waals surface area contributed by atoms with Crippen molar-refractivity contribution in [2.75, 3.05) is 5.73 Å². The molecule has 1 aromatic rings. The largest absolute Gasteiger partial charge is 0.397 e. The molecule has 0 aliphatic rings. The van der Waals surface area contributed by atoms with Gasteiger partial charge in [0.25, 0.3) is 0 Å². The standard InChI is InChI=1S/C7H7N3/c8-3-1-6-2-4-10-5-7(6)9/h2,4-5H,1,9H2. The van der Waals surface area contributed by atoms with E-state index in [1.54, 1.807) is 18.5 Å². The molecule has 1 rings (SSSR count). The summed E-state index contributed by atoms with van der Waals surface area (Å²) in [4.78, 5) is 3.79. The molecular weight excluding hydrogens is 126 g/mol. The highest BCUT2D eigenvalue weighted by molar-refractivity contribution is 5.44. The van der Waals surface area contributed by atoms with Gasteiger partial charge < -0.3 is 5.73 Å². The van der Waals surface area contributed by atoms with Crippen molar-refractivity contribution in [2.45, 2.75) is 6.42 Å². The average Bonchev–Trinajstić information content (AvgIpc) is 1.94. The van der Waals surface area contributed by atoms with Crippen LogP contribution in [0.3, 0.4) is 0 Å². The number of nitrogens with zero attached hydrogens (tertiary/aromatic N) is 2. The Morgan fingerprint density at radius 3 is 3.10 bits per heavy atom. The second kappa shape index (κ2) is 2.83. The van der Waals surface area contributed by atoms with Crippen LogP contribution in [0.2, 0.25) is 0 Å². The summed E-state index contributed by atoms with van der Waals surface area (Å²) in [6.07, 6.45) is 3.53. The highest BCUT2D eigenvalue weighted by atomic mass is 14.7. The maximum Gasteiger partial charge on any atom is 0.0670 e. The van der Waals surface area contributed by atoms with Crippen molar-refractivity contribution in [3.05, 3.63) is 24.0 Å². The second-order valence-corrected chi connectivity index (χ2v) is 1.91. The van der Waals surface area contributed by atoms with E-state index in [-0.39, 0.29) is 0 Å². The molecule has 50 valence electrons. The van der Waals surface area contributed by atoms with Gasteiger partial charge in [-0.2, -0.15) is 5.26 Å². The van der Waals surface area contributed by atoms with Crippen LogP contribution >= 0.6 is 0 Å². The maximum absolute atomic E-state index is 8.32. The highest BCUT2D eigenvalue weighted by Crippen LogP contribution is 2.07. The molecule has 0 spiro atoms. The highest BCUT2D eigenvalue weighted by Gasteiger charge is 1.94. The second-order valence-electron chi connectivity index (χ2n) is 1.91. The van der Waals surface area contributed by atoms with Gasteiger partial charge in [0.1, 0.15) is 0 Å². The van der Waals surface area contributed by atoms with Crippen LogP contribution in [0.25, 0.3) is 0 Å². The van der Waals surface area contributed by atoms with Crippen LogP contribution in [-0.2, 0) is 6.42 Å². The lowest BCUT2D eigenvalue weighted by atomic mass is 10.2. The number of anilines is 1. The van der Waals surface area contributed by atoms with E-state index in [1.165, 1.54) is 0 Å². The fourth-order valence-electron chi connectivity index (χ4n) is 0.682.